The van der Waals surface area contributed by atoms with E-state index in [0.29, 0.717) is 5.75 Å². The van der Waals surface area contributed by atoms with E-state index in [1.165, 1.54) is 31.4 Å². The SMILES string of the molecule is CCC1CCCC(Oc2ccc(F)cc2C#N)C1. The molecule has 18 heavy (non-hydrogen) atoms. The Hall–Kier alpha value is -1.56. The van der Waals surface area contributed by atoms with E-state index >= 15 is 0 Å². The van der Waals surface area contributed by atoms with Gasteiger partial charge in [-0.15, -0.1) is 0 Å². The van der Waals surface area contributed by atoms with E-state index in [0.717, 1.165) is 18.8 Å². The molecule has 0 aromatic heterocycles. The summed E-state index contributed by atoms with van der Waals surface area (Å²) in [5.74, 6) is 0.837. The van der Waals surface area contributed by atoms with Gasteiger partial charge in [0.15, 0.2) is 0 Å². The van der Waals surface area contributed by atoms with Crippen LogP contribution in [0.4, 0.5) is 4.39 Å². The molecule has 0 radical (unpaired) electrons. The summed E-state index contributed by atoms with van der Waals surface area (Å²) in [6, 6.07) is 6.12. The molecule has 96 valence electrons. The zero-order valence-electron chi connectivity index (χ0n) is 10.7. The topological polar surface area (TPSA) is 33.0 Å². The van der Waals surface area contributed by atoms with Crippen molar-refractivity contribution in [2.75, 3.05) is 0 Å². The molecule has 2 unspecified atom stereocenters. The molecule has 1 aliphatic rings. The van der Waals surface area contributed by atoms with Crippen molar-refractivity contribution in [2.45, 2.75) is 45.1 Å². The second kappa shape index (κ2) is 5.86. The zero-order chi connectivity index (χ0) is 13.0. The number of hydrogen-bond acceptors (Lipinski definition) is 2. The van der Waals surface area contributed by atoms with Gasteiger partial charge in [-0.25, -0.2) is 4.39 Å². The molecular formula is C15H18FNO. The molecule has 2 atom stereocenters. The summed E-state index contributed by atoms with van der Waals surface area (Å²) in [6.07, 6.45) is 5.85. The van der Waals surface area contributed by atoms with Crippen LogP contribution in [0, 0.1) is 23.1 Å². The molecule has 0 heterocycles. The number of benzene rings is 1. The minimum absolute atomic E-state index is 0.168. The van der Waals surface area contributed by atoms with Gasteiger partial charge in [-0.3, -0.25) is 0 Å². The van der Waals surface area contributed by atoms with E-state index in [1.54, 1.807) is 6.07 Å². The van der Waals surface area contributed by atoms with Crippen molar-refractivity contribution in [1.29, 1.82) is 5.26 Å². The Kier molecular flexibility index (Phi) is 4.19. The maximum Gasteiger partial charge on any atom is 0.137 e. The van der Waals surface area contributed by atoms with Gasteiger partial charge in [0.2, 0.25) is 0 Å². The standard InChI is InChI=1S/C15H18FNO/c1-2-11-4-3-5-14(8-11)18-15-7-6-13(16)9-12(15)10-17/h6-7,9,11,14H,2-5,8H2,1H3. The third kappa shape index (κ3) is 3.01. The molecule has 1 fully saturated rings. The number of ether oxygens (including phenoxy) is 1. The van der Waals surface area contributed by atoms with Crippen molar-refractivity contribution in [2.24, 2.45) is 5.92 Å². The van der Waals surface area contributed by atoms with Gasteiger partial charge in [-0.2, -0.15) is 5.26 Å². The lowest BCUT2D eigenvalue weighted by Crippen LogP contribution is -2.25. The minimum atomic E-state index is -0.394. The highest BCUT2D eigenvalue weighted by Gasteiger charge is 2.22. The molecule has 0 saturated heterocycles. The van der Waals surface area contributed by atoms with Crippen molar-refractivity contribution in [3.8, 4) is 11.8 Å². The van der Waals surface area contributed by atoms with E-state index in [-0.39, 0.29) is 11.7 Å². The first-order chi connectivity index (χ1) is 8.72. The Morgan fingerprint density at radius 2 is 2.28 bits per heavy atom. The van der Waals surface area contributed by atoms with E-state index in [1.807, 2.05) is 6.07 Å². The number of nitriles is 1. The first-order valence-corrected chi connectivity index (χ1v) is 6.59. The third-order valence-corrected chi connectivity index (χ3v) is 3.67. The summed E-state index contributed by atoms with van der Waals surface area (Å²) in [4.78, 5) is 0. The zero-order valence-corrected chi connectivity index (χ0v) is 10.7. The predicted octanol–water partition coefficient (Wildman–Crippen LogP) is 4.04. The van der Waals surface area contributed by atoms with Crippen molar-refractivity contribution < 1.29 is 9.13 Å². The molecule has 1 aliphatic carbocycles. The Bertz CT molecular complexity index is 452. The molecule has 0 N–H and O–H groups in total. The Labute approximate surface area is 107 Å². The van der Waals surface area contributed by atoms with Crippen LogP contribution in [0.2, 0.25) is 0 Å². The van der Waals surface area contributed by atoms with E-state index in [9.17, 15) is 4.39 Å². The van der Waals surface area contributed by atoms with Gasteiger partial charge in [-0.1, -0.05) is 19.8 Å². The van der Waals surface area contributed by atoms with Crippen LogP contribution in [0.1, 0.15) is 44.6 Å². The maximum absolute atomic E-state index is 13.0. The maximum atomic E-state index is 13.0. The molecule has 3 heteroatoms. The van der Waals surface area contributed by atoms with Crippen molar-refractivity contribution in [3.63, 3.8) is 0 Å². The highest BCUT2D eigenvalue weighted by Crippen LogP contribution is 2.30. The molecule has 2 nitrogen and oxygen atoms in total. The van der Waals surface area contributed by atoms with E-state index < -0.39 is 5.82 Å². The van der Waals surface area contributed by atoms with Crippen LogP contribution >= 0.6 is 0 Å². The van der Waals surface area contributed by atoms with Crippen molar-refractivity contribution >= 4 is 0 Å². The van der Waals surface area contributed by atoms with Crippen molar-refractivity contribution in [3.05, 3.63) is 29.6 Å². The quantitative estimate of drug-likeness (QED) is 0.807. The second-order valence-corrected chi connectivity index (χ2v) is 4.93. The van der Waals surface area contributed by atoms with Crippen LogP contribution in [0.3, 0.4) is 0 Å². The highest BCUT2D eigenvalue weighted by atomic mass is 19.1. The van der Waals surface area contributed by atoms with Crippen LogP contribution in [0.15, 0.2) is 18.2 Å². The highest BCUT2D eigenvalue weighted by molar-refractivity contribution is 5.43. The Morgan fingerprint density at radius 1 is 1.44 bits per heavy atom. The summed E-state index contributed by atoms with van der Waals surface area (Å²) in [5, 5.41) is 8.97. The molecule has 1 aromatic carbocycles. The first kappa shape index (κ1) is 12.9. The van der Waals surface area contributed by atoms with Gasteiger partial charge < -0.3 is 4.74 Å². The van der Waals surface area contributed by atoms with Crippen LogP contribution < -0.4 is 4.74 Å². The molecular weight excluding hydrogens is 229 g/mol. The Morgan fingerprint density at radius 3 is 3.00 bits per heavy atom. The second-order valence-electron chi connectivity index (χ2n) is 4.93. The third-order valence-electron chi connectivity index (χ3n) is 3.67. The largest absolute Gasteiger partial charge is 0.489 e. The number of rotatable bonds is 3. The Balaban J connectivity index is 2.07. The van der Waals surface area contributed by atoms with Gasteiger partial charge >= 0.3 is 0 Å². The van der Waals surface area contributed by atoms with E-state index in [2.05, 4.69) is 6.92 Å². The molecule has 0 bridgehead atoms. The fourth-order valence-electron chi connectivity index (χ4n) is 2.59. The van der Waals surface area contributed by atoms with Gasteiger partial charge in [0.25, 0.3) is 0 Å². The molecule has 0 aliphatic heterocycles. The van der Waals surface area contributed by atoms with Gasteiger partial charge in [-0.05, 0) is 43.4 Å². The van der Waals surface area contributed by atoms with Crippen LogP contribution in [-0.4, -0.2) is 6.10 Å². The average Bonchev–Trinajstić information content (AvgIpc) is 2.41. The monoisotopic (exact) mass is 247 g/mol. The van der Waals surface area contributed by atoms with Gasteiger partial charge in [0, 0.05) is 0 Å². The lowest BCUT2D eigenvalue weighted by Gasteiger charge is -2.29. The van der Waals surface area contributed by atoms with Gasteiger partial charge in [0.05, 0.1) is 11.7 Å². The minimum Gasteiger partial charge on any atom is -0.489 e. The van der Waals surface area contributed by atoms with E-state index in [4.69, 9.17) is 10.00 Å². The molecule has 0 amide bonds. The number of halogens is 1. The predicted molar refractivity (Wildman–Crippen MR) is 67.8 cm³/mol. The molecule has 1 aromatic rings. The van der Waals surface area contributed by atoms with Crippen LogP contribution in [0.25, 0.3) is 0 Å². The van der Waals surface area contributed by atoms with Gasteiger partial charge in [0.1, 0.15) is 17.6 Å². The summed E-state index contributed by atoms with van der Waals surface area (Å²) in [6.45, 7) is 2.20. The normalized spacial score (nSPS) is 23.4. The summed E-state index contributed by atoms with van der Waals surface area (Å²) in [7, 11) is 0. The lowest BCUT2D eigenvalue weighted by atomic mass is 9.85. The fourth-order valence-corrected chi connectivity index (χ4v) is 2.59. The number of nitrogens with zero attached hydrogens (tertiary/aromatic N) is 1. The molecule has 1 saturated carbocycles. The summed E-state index contributed by atoms with van der Waals surface area (Å²) < 4.78 is 18.9. The lowest BCUT2D eigenvalue weighted by molar-refractivity contribution is 0.121. The summed E-state index contributed by atoms with van der Waals surface area (Å²) >= 11 is 0. The summed E-state index contributed by atoms with van der Waals surface area (Å²) in [5.41, 5.74) is 0.286. The van der Waals surface area contributed by atoms with Crippen LogP contribution in [0.5, 0.6) is 5.75 Å². The molecule has 0 spiro atoms. The average molecular weight is 247 g/mol. The number of hydrogen-bond donors (Lipinski definition) is 0. The van der Waals surface area contributed by atoms with Crippen LogP contribution in [-0.2, 0) is 0 Å². The molecule has 2 rings (SSSR count). The first-order valence-electron chi connectivity index (χ1n) is 6.59. The van der Waals surface area contributed by atoms with Crippen molar-refractivity contribution in [1.82, 2.24) is 0 Å². The smallest absolute Gasteiger partial charge is 0.137 e. The fraction of sp³-hybridized carbons (Fsp3) is 0.533.